The van der Waals surface area contributed by atoms with Crippen LogP contribution in [-0.4, -0.2) is 30.8 Å². The largest absolute Gasteiger partial charge is 0.433 e. The summed E-state index contributed by atoms with van der Waals surface area (Å²) in [5.41, 5.74) is 0.323. The molecule has 0 unspecified atom stereocenters. The number of nitrogens with zero attached hydrogens (tertiary/aromatic N) is 1. The number of carbonyl (C=O) groups excluding carboxylic acids is 1. The monoisotopic (exact) mass is 340 g/mol. The third-order valence-electron chi connectivity index (χ3n) is 1.51. The van der Waals surface area contributed by atoms with E-state index in [0.29, 0.717) is 5.56 Å². The number of hydrogen-bond donors (Lipinski definition) is 2. The van der Waals surface area contributed by atoms with Crippen molar-refractivity contribution in [3.05, 3.63) is 18.0 Å². The van der Waals surface area contributed by atoms with E-state index in [4.69, 9.17) is 9.84 Å². The maximum Gasteiger partial charge on any atom is 0.343 e. The Morgan fingerprint density at radius 3 is 2.93 bits per heavy atom. The minimum absolute atomic E-state index is 0.233. The molecule has 0 aliphatic carbocycles. The van der Waals surface area contributed by atoms with Crippen molar-refractivity contribution in [3.8, 4) is 0 Å². The average molecular weight is 342 g/mol. The van der Waals surface area contributed by atoms with E-state index in [-0.39, 0.29) is 6.42 Å². The van der Waals surface area contributed by atoms with Crippen molar-refractivity contribution in [1.29, 1.82) is 0 Å². The first-order chi connectivity index (χ1) is 6.91. The maximum absolute atomic E-state index is 11.5. The smallest absolute Gasteiger partial charge is 0.343 e. The van der Waals surface area contributed by atoms with Crippen LogP contribution in [0.4, 0.5) is 0 Å². The highest BCUT2D eigenvalue weighted by Crippen LogP contribution is 2.33. The standard InChI is InChI=1S/C8H10Br2N2O3/c1-5(13)2-8(9,10)15-7(14)6-3-11-12-4-6/h3-5,13H,2H2,1H3,(H,11,12)/t5-/m0/s1. The quantitative estimate of drug-likeness (QED) is 0.646. The van der Waals surface area contributed by atoms with Crippen molar-refractivity contribution in [2.24, 2.45) is 0 Å². The molecule has 84 valence electrons. The first kappa shape index (κ1) is 12.7. The number of aromatic nitrogens is 2. The Balaban J connectivity index is 2.58. The molecule has 1 rings (SSSR count). The fraction of sp³-hybridized carbons (Fsp3) is 0.500. The highest BCUT2D eigenvalue weighted by atomic mass is 79.9. The van der Waals surface area contributed by atoms with E-state index in [1.165, 1.54) is 12.4 Å². The molecule has 0 radical (unpaired) electrons. The van der Waals surface area contributed by atoms with E-state index < -0.39 is 15.5 Å². The Labute approximate surface area is 103 Å². The van der Waals surface area contributed by atoms with Crippen molar-refractivity contribution < 1.29 is 14.6 Å². The molecule has 0 bridgehead atoms. The second-order valence-corrected chi connectivity index (χ2v) is 6.69. The van der Waals surface area contributed by atoms with E-state index >= 15 is 0 Å². The number of carbonyl (C=O) groups is 1. The van der Waals surface area contributed by atoms with Crippen LogP contribution in [0.2, 0.25) is 0 Å². The number of hydrogen-bond acceptors (Lipinski definition) is 4. The molecule has 0 fully saturated rings. The molecule has 0 saturated heterocycles. The number of ether oxygens (including phenoxy) is 1. The summed E-state index contributed by atoms with van der Waals surface area (Å²) in [6.07, 6.45) is 2.43. The minimum Gasteiger partial charge on any atom is -0.433 e. The molecule has 1 heterocycles. The van der Waals surface area contributed by atoms with Crippen molar-refractivity contribution in [3.63, 3.8) is 0 Å². The lowest BCUT2D eigenvalue weighted by atomic mass is 10.3. The molecule has 0 saturated carbocycles. The maximum atomic E-state index is 11.5. The number of H-pyrrole nitrogens is 1. The van der Waals surface area contributed by atoms with Gasteiger partial charge in [-0.2, -0.15) is 5.10 Å². The number of esters is 1. The molecule has 2 N–H and O–H groups in total. The molecular weight excluding hydrogens is 332 g/mol. The minimum atomic E-state index is -1.05. The summed E-state index contributed by atoms with van der Waals surface area (Å²) in [6, 6.07) is 0. The van der Waals surface area contributed by atoms with E-state index in [2.05, 4.69) is 42.1 Å². The number of halogens is 2. The molecule has 15 heavy (non-hydrogen) atoms. The average Bonchev–Trinajstić information content (AvgIpc) is 2.50. The van der Waals surface area contributed by atoms with Crippen LogP contribution in [0.3, 0.4) is 0 Å². The van der Waals surface area contributed by atoms with Crippen LogP contribution in [0.25, 0.3) is 0 Å². The molecule has 0 aliphatic heterocycles. The summed E-state index contributed by atoms with van der Waals surface area (Å²) in [5.74, 6) is -0.529. The van der Waals surface area contributed by atoms with E-state index in [1.807, 2.05) is 0 Å². The predicted molar refractivity (Wildman–Crippen MR) is 60.9 cm³/mol. The van der Waals surface area contributed by atoms with Crippen LogP contribution >= 0.6 is 31.9 Å². The van der Waals surface area contributed by atoms with E-state index in [1.54, 1.807) is 6.92 Å². The van der Waals surface area contributed by atoms with Crippen molar-refractivity contribution >= 4 is 37.8 Å². The molecule has 0 amide bonds. The van der Waals surface area contributed by atoms with Gasteiger partial charge in [-0.25, -0.2) is 4.79 Å². The lowest BCUT2D eigenvalue weighted by Gasteiger charge is -2.21. The van der Waals surface area contributed by atoms with Gasteiger partial charge in [-0.1, -0.05) is 0 Å². The zero-order chi connectivity index (χ0) is 11.5. The van der Waals surface area contributed by atoms with Crippen LogP contribution in [-0.2, 0) is 4.74 Å². The van der Waals surface area contributed by atoms with E-state index in [9.17, 15) is 4.79 Å². The van der Waals surface area contributed by atoms with Gasteiger partial charge in [-0.3, -0.25) is 5.10 Å². The topological polar surface area (TPSA) is 75.2 Å². The third-order valence-corrected chi connectivity index (χ3v) is 2.48. The summed E-state index contributed by atoms with van der Waals surface area (Å²) >= 11 is 6.30. The van der Waals surface area contributed by atoms with Crippen molar-refractivity contribution in [1.82, 2.24) is 10.2 Å². The van der Waals surface area contributed by atoms with Crippen molar-refractivity contribution in [2.75, 3.05) is 0 Å². The third kappa shape index (κ3) is 4.31. The van der Waals surface area contributed by atoms with Gasteiger partial charge in [0.15, 0.2) is 0 Å². The van der Waals surface area contributed by atoms with Crippen LogP contribution in [0.5, 0.6) is 0 Å². The summed E-state index contributed by atoms with van der Waals surface area (Å²) in [7, 11) is 0. The molecule has 0 aliphatic rings. The Morgan fingerprint density at radius 1 is 1.80 bits per heavy atom. The highest BCUT2D eigenvalue weighted by Gasteiger charge is 2.30. The Hall–Kier alpha value is -0.400. The zero-order valence-corrected chi connectivity index (χ0v) is 11.1. The number of alkyl halides is 2. The first-order valence-corrected chi connectivity index (χ1v) is 5.77. The fourth-order valence-electron chi connectivity index (χ4n) is 0.943. The molecular formula is C8H10Br2N2O3. The Morgan fingerprint density at radius 2 is 2.47 bits per heavy atom. The summed E-state index contributed by atoms with van der Waals surface area (Å²) in [6.45, 7) is 1.60. The predicted octanol–water partition coefficient (Wildman–Crippen LogP) is 1.78. The van der Waals surface area contributed by atoms with Crippen molar-refractivity contribution in [2.45, 2.75) is 22.9 Å². The number of nitrogens with one attached hydrogen (secondary N) is 1. The lowest BCUT2D eigenvalue weighted by molar-refractivity contribution is 0.0336. The molecule has 1 atom stereocenters. The summed E-state index contributed by atoms with van der Waals surface area (Å²) in [5, 5.41) is 15.3. The van der Waals surface area contributed by atoms with Gasteiger partial charge in [0.25, 0.3) is 0 Å². The summed E-state index contributed by atoms with van der Waals surface area (Å²) in [4.78, 5) is 11.5. The second-order valence-electron chi connectivity index (χ2n) is 3.07. The Bertz CT molecular complexity index is 325. The van der Waals surface area contributed by atoms with Crippen LogP contribution in [0.15, 0.2) is 12.4 Å². The van der Waals surface area contributed by atoms with Crippen LogP contribution in [0, 0.1) is 0 Å². The molecule has 5 nitrogen and oxygen atoms in total. The normalized spacial score (nSPS) is 13.6. The van der Waals surface area contributed by atoms with Crippen LogP contribution in [0.1, 0.15) is 23.7 Å². The second kappa shape index (κ2) is 5.09. The van der Waals surface area contributed by atoms with Gasteiger partial charge in [0.2, 0.25) is 3.42 Å². The fourth-order valence-corrected chi connectivity index (χ4v) is 2.17. The van der Waals surface area contributed by atoms with Gasteiger partial charge in [0.1, 0.15) is 0 Å². The SMILES string of the molecule is C[C@H](O)CC(Br)(Br)OC(=O)c1cn[nH]c1. The Kier molecular flexibility index (Phi) is 4.30. The number of aromatic amines is 1. The van der Waals surface area contributed by atoms with Gasteiger partial charge >= 0.3 is 5.97 Å². The van der Waals surface area contributed by atoms with Crippen LogP contribution < -0.4 is 0 Å². The number of rotatable bonds is 4. The van der Waals surface area contributed by atoms with E-state index in [0.717, 1.165) is 0 Å². The molecule has 1 aromatic rings. The molecule has 0 spiro atoms. The van der Waals surface area contributed by atoms with Gasteiger partial charge in [0, 0.05) is 12.6 Å². The molecule has 0 aromatic carbocycles. The zero-order valence-electron chi connectivity index (χ0n) is 7.91. The first-order valence-electron chi connectivity index (χ1n) is 4.19. The molecule has 1 aromatic heterocycles. The van der Waals surface area contributed by atoms with Gasteiger partial charge < -0.3 is 9.84 Å². The van der Waals surface area contributed by atoms with Gasteiger partial charge in [-0.15, -0.1) is 0 Å². The highest BCUT2D eigenvalue weighted by molar-refractivity contribution is 9.25. The molecule has 7 heteroatoms. The summed E-state index contributed by atoms with van der Waals surface area (Å²) < 4.78 is 4.01. The van der Waals surface area contributed by atoms with Gasteiger partial charge in [-0.05, 0) is 38.8 Å². The number of aliphatic hydroxyl groups excluding tert-OH is 1. The number of aliphatic hydroxyl groups is 1. The lowest BCUT2D eigenvalue weighted by Crippen LogP contribution is -2.25. The van der Waals surface area contributed by atoms with Gasteiger partial charge in [0.05, 0.1) is 17.9 Å².